The summed E-state index contributed by atoms with van der Waals surface area (Å²) >= 11 is 0. The lowest BCUT2D eigenvalue weighted by Crippen LogP contribution is -2.13. The second-order valence-corrected chi connectivity index (χ2v) is 4.22. The lowest BCUT2D eigenvalue weighted by molar-refractivity contribution is 0.0732. The number of nitrogens with zero attached hydrogens (tertiary/aromatic N) is 2. The molecule has 0 spiro atoms. The maximum atomic E-state index is 5.35. The highest BCUT2D eigenvalue weighted by Gasteiger charge is 2.33. The van der Waals surface area contributed by atoms with Crippen LogP contribution in [0.2, 0.25) is 0 Å². The lowest BCUT2D eigenvalue weighted by Gasteiger charge is -2.03. The number of fused-ring (bicyclic) bond motifs is 2. The quantitative estimate of drug-likeness (QED) is 0.749. The molecular weight excluding hydrogens is 218 g/mol. The van der Waals surface area contributed by atoms with Gasteiger partial charge in [0.25, 0.3) is 0 Å². The molecule has 4 rings (SSSR count). The van der Waals surface area contributed by atoms with Crippen molar-refractivity contribution in [3.63, 3.8) is 0 Å². The molecule has 2 saturated heterocycles. The lowest BCUT2D eigenvalue weighted by atomic mass is 10.2. The highest BCUT2D eigenvalue weighted by molar-refractivity contribution is 5.72. The molecule has 3 heterocycles. The van der Waals surface area contributed by atoms with Crippen molar-refractivity contribution < 1.29 is 9.47 Å². The number of ether oxygens (including phenoxy) is 2. The Hall–Kier alpha value is -1.46. The number of aromatic nitrogens is 3. The monoisotopic (exact) mass is 233 g/mol. The Kier molecular flexibility index (Phi) is 3.02. The van der Waals surface area contributed by atoms with E-state index in [4.69, 9.17) is 9.47 Å². The minimum Gasteiger partial charge on any atom is -0.375 e. The molecule has 90 valence electrons. The van der Waals surface area contributed by atoms with E-state index < -0.39 is 0 Å². The van der Waals surface area contributed by atoms with Crippen LogP contribution in [0.3, 0.4) is 0 Å². The number of rotatable bonds is 0. The van der Waals surface area contributed by atoms with Crippen LogP contribution < -0.4 is 0 Å². The fourth-order valence-electron chi connectivity index (χ4n) is 2.21. The summed E-state index contributed by atoms with van der Waals surface area (Å²) in [6.07, 6.45) is 3.14. The number of para-hydroxylation sites is 1. The van der Waals surface area contributed by atoms with Gasteiger partial charge in [-0.3, -0.25) is 5.10 Å². The van der Waals surface area contributed by atoms with Gasteiger partial charge in [-0.25, -0.2) is 0 Å². The molecule has 2 aliphatic heterocycles. The summed E-state index contributed by atoms with van der Waals surface area (Å²) in [5, 5.41) is 10.2. The number of hydrogen-bond acceptors (Lipinski definition) is 4. The number of hydrogen-bond donors (Lipinski definition) is 1. The Morgan fingerprint density at radius 2 is 1.76 bits per heavy atom. The van der Waals surface area contributed by atoms with Gasteiger partial charge < -0.3 is 9.47 Å². The second kappa shape index (κ2) is 4.81. The van der Waals surface area contributed by atoms with Crippen LogP contribution in [0.25, 0.3) is 11.0 Å². The van der Waals surface area contributed by atoms with Crippen LogP contribution in [0.5, 0.6) is 0 Å². The molecule has 0 amide bonds. The fraction of sp³-hybridized carbons (Fsp3) is 0.500. The Morgan fingerprint density at radius 3 is 2.47 bits per heavy atom. The fourth-order valence-corrected chi connectivity index (χ4v) is 2.21. The van der Waals surface area contributed by atoms with Crippen molar-refractivity contribution in [2.24, 2.45) is 0 Å². The average Bonchev–Trinajstić information content (AvgIpc) is 3.06. The topological polar surface area (TPSA) is 60.0 Å². The second-order valence-electron chi connectivity index (χ2n) is 4.22. The minimum absolute atomic E-state index is 0.454. The summed E-state index contributed by atoms with van der Waals surface area (Å²) in [5.74, 6) is 0. The van der Waals surface area contributed by atoms with Crippen LogP contribution in [0, 0.1) is 0 Å². The maximum absolute atomic E-state index is 5.35. The van der Waals surface area contributed by atoms with Crippen LogP contribution in [-0.2, 0) is 9.47 Å². The number of nitrogens with one attached hydrogen (secondary N) is 1. The SMILES string of the molecule is C1CC2OCCC2O1.c1ccc2[nH]nnc2c1. The van der Waals surface area contributed by atoms with E-state index in [1.807, 2.05) is 24.3 Å². The first-order valence-corrected chi connectivity index (χ1v) is 5.92. The maximum Gasteiger partial charge on any atom is 0.112 e. The van der Waals surface area contributed by atoms with Gasteiger partial charge >= 0.3 is 0 Å². The third-order valence-electron chi connectivity index (χ3n) is 3.12. The molecule has 2 fully saturated rings. The van der Waals surface area contributed by atoms with Crippen molar-refractivity contribution in [3.8, 4) is 0 Å². The molecule has 1 aromatic heterocycles. The zero-order valence-corrected chi connectivity index (χ0v) is 9.50. The van der Waals surface area contributed by atoms with E-state index in [2.05, 4.69) is 15.4 Å². The highest BCUT2D eigenvalue weighted by Crippen LogP contribution is 2.25. The van der Waals surface area contributed by atoms with Gasteiger partial charge in [-0.1, -0.05) is 17.3 Å². The molecular formula is C12H15N3O2. The van der Waals surface area contributed by atoms with Gasteiger partial charge in [0.05, 0.1) is 17.7 Å². The van der Waals surface area contributed by atoms with E-state index in [1.165, 1.54) is 0 Å². The van der Waals surface area contributed by atoms with E-state index in [9.17, 15) is 0 Å². The van der Waals surface area contributed by atoms with Crippen LogP contribution in [0.1, 0.15) is 12.8 Å². The molecule has 0 aliphatic carbocycles. The largest absolute Gasteiger partial charge is 0.375 e. The average molecular weight is 233 g/mol. The molecule has 1 N–H and O–H groups in total. The van der Waals surface area contributed by atoms with Crippen molar-refractivity contribution in [2.45, 2.75) is 25.0 Å². The van der Waals surface area contributed by atoms with Crippen LogP contribution in [0.15, 0.2) is 24.3 Å². The van der Waals surface area contributed by atoms with Crippen LogP contribution in [-0.4, -0.2) is 40.8 Å². The third-order valence-corrected chi connectivity index (χ3v) is 3.12. The highest BCUT2D eigenvalue weighted by atomic mass is 16.6. The predicted octanol–water partition coefficient (Wildman–Crippen LogP) is 1.52. The first-order chi connectivity index (χ1) is 8.43. The van der Waals surface area contributed by atoms with Gasteiger partial charge in [0.15, 0.2) is 0 Å². The van der Waals surface area contributed by atoms with Crippen molar-refractivity contribution in [1.82, 2.24) is 15.4 Å². The molecule has 2 atom stereocenters. The van der Waals surface area contributed by atoms with E-state index in [1.54, 1.807) is 0 Å². The molecule has 5 nitrogen and oxygen atoms in total. The summed E-state index contributed by atoms with van der Waals surface area (Å²) < 4.78 is 10.7. The molecule has 2 unspecified atom stereocenters. The summed E-state index contributed by atoms with van der Waals surface area (Å²) in [6, 6.07) is 7.74. The van der Waals surface area contributed by atoms with E-state index in [0.717, 1.165) is 37.1 Å². The standard InChI is InChI=1S/C6H5N3.C6H10O2/c1-2-4-6-5(3-1)7-9-8-6;1-3-7-6-2-4-8-5(1)6/h1-4H,(H,7,8,9);5-6H,1-4H2. The normalized spacial score (nSPS) is 26.6. The number of benzene rings is 1. The summed E-state index contributed by atoms with van der Waals surface area (Å²) in [7, 11) is 0. The van der Waals surface area contributed by atoms with Gasteiger partial charge in [0.1, 0.15) is 5.52 Å². The molecule has 0 radical (unpaired) electrons. The summed E-state index contributed by atoms with van der Waals surface area (Å²) in [6.45, 7) is 1.82. The Morgan fingerprint density at radius 1 is 1.06 bits per heavy atom. The van der Waals surface area contributed by atoms with Gasteiger partial charge in [-0.05, 0) is 25.0 Å². The third kappa shape index (κ3) is 2.30. The van der Waals surface area contributed by atoms with Gasteiger partial charge in [0.2, 0.25) is 0 Å². The van der Waals surface area contributed by atoms with Gasteiger partial charge in [-0.2, -0.15) is 0 Å². The van der Waals surface area contributed by atoms with E-state index in [-0.39, 0.29) is 0 Å². The van der Waals surface area contributed by atoms with Gasteiger partial charge in [0, 0.05) is 13.2 Å². The minimum atomic E-state index is 0.454. The molecule has 17 heavy (non-hydrogen) atoms. The smallest absolute Gasteiger partial charge is 0.112 e. The van der Waals surface area contributed by atoms with Crippen molar-refractivity contribution in [2.75, 3.05) is 13.2 Å². The number of H-pyrrole nitrogens is 1. The Bertz CT molecular complexity index is 435. The van der Waals surface area contributed by atoms with Crippen molar-refractivity contribution >= 4 is 11.0 Å². The molecule has 2 aliphatic rings. The molecule has 5 heteroatoms. The number of aromatic amines is 1. The van der Waals surface area contributed by atoms with Crippen LogP contribution in [0.4, 0.5) is 0 Å². The van der Waals surface area contributed by atoms with E-state index >= 15 is 0 Å². The first kappa shape index (κ1) is 10.7. The van der Waals surface area contributed by atoms with Crippen molar-refractivity contribution in [1.29, 1.82) is 0 Å². The Labute approximate surface area is 99.1 Å². The summed E-state index contributed by atoms with van der Waals surface area (Å²) in [5.41, 5.74) is 1.90. The molecule has 1 aromatic carbocycles. The van der Waals surface area contributed by atoms with Crippen molar-refractivity contribution in [3.05, 3.63) is 24.3 Å². The van der Waals surface area contributed by atoms with Crippen LogP contribution >= 0.6 is 0 Å². The molecule has 2 aromatic rings. The Balaban J connectivity index is 0.000000107. The van der Waals surface area contributed by atoms with E-state index in [0.29, 0.717) is 12.2 Å². The zero-order valence-electron chi connectivity index (χ0n) is 9.50. The molecule has 0 saturated carbocycles. The predicted molar refractivity (Wildman–Crippen MR) is 62.6 cm³/mol. The zero-order chi connectivity index (χ0) is 11.5. The summed E-state index contributed by atoms with van der Waals surface area (Å²) in [4.78, 5) is 0. The molecule has 0 bridgehead atoms. The first-order valence-electron chi connectivity index (χ1n) is 5.92. The van der Waals surface area contributed by atoms with Gasteiger partial charge in [-0.15, -0.1) is 5.10 Å².